The van der Waals surface area contributed by atoms with E-state index >= 15 is 0 Å². The lowest BCUT2D eigenvalue weighted by Crippen LogP contribution is -2.11. The third kappa shape index (κ3) is 3.35. The number of rotatable bonds is 3. The molecule has 106 valence electrons. The van der Waals surface area contributed by atoms with Crippen molar-refractivity contribution < 1.29 is 0 Å². The second-order valence-electron chi connectivity index (χ2n) is 5.64. The van der Waals surface area contributed by atoms with Crippen LogP contribution in [0.2, 0.25) is 0 Å². The van der Waals surface area contributed by atoms with Crippen LogP contribution in [0.4, 0.5) is 5.69 Å². The SMILES string of the molecule is Cc1cc(C)c(C(C)Nc2ccc(I)cc2C)c(C)c1. The predicted molar refractivity (Wildman–Crippen MR) is 96.6 cm³/mol. The van der Waals surface area contributed by atoms with Gasteiger partial charge in [0.15, 0.2) is 0 Å². The summed E-state index contributed by atoms with van der Waals surface area (Å²) in [5, 5.41) is 3.65. The molecule has 0 aliphatic carbocycles. The number of hydrogen-bond acceptors (Lipinski definition) is 1. The fraction of sp³-hybridized carbons (Fsp3) is 0.333. The Hall–Kier alpha value is -1.03. The Morgan fingerprint density at radius 2 is 1.50 bits per heavy atom. The van der Waals surface area contributed by atoms with Crippen molar-refractivity contribution in [2.45, 2.75) is 40.7 Å². The monoisotopic (exact) mass is 379 g/mol. The molecule has 1 nitrogen and oxygen atoms in total. The molecule has 0 amide bonds. The van der Waals surface area contributed by atoms with Crippen molar-refractivity contribution in [3.63, 3.8) is 0 Å². The van der Waals surface area contributed by atoms with Crippen molar-refractivity contribution >= 4 is 28.3 Å². The fourth-order valence-electron chi connectivity index (χ4n) is 2.97. The zero-order valence-electron chi connectivity index (χ0n) is 12.8. The van der Waals surface area contributed by atoms with Crippen LogP contribution in [0.3, 0.4) is 0 Å². The molecular formula is C18H22IN. The van der Waals surface area contributed by atoms with Crippen molar-refractivity contribution in [3.05, 3.63) is 61.7 Å². The molecule has 0 fully saturated rings. The fourth-order valence-corrected chi connectivity index (χ4v) is 3.62. The predicted octanol–water partition coefficient (Wildman–Crippen LogP) is 5.70. The van der Waals surface area contributed by atoms with E-state index in [1.54, 1.807) is 0 Å². The zero-order chi connectivity index (χ0) is 14.9. The third-order valence-corrected chi connectivity index (χ3v) is 4.40. The second kappa shape index (κ2) is 6.17. The summed E-state index contributed by atoms with van der Waals surface area (Å²) in [6, 6.07) is 11.4. The maximum absolute atomic E-state index is 3.65. The minimum absolute atomic E-state index is 0.314. The highest BCUT2D eigenvalue weighted by Crippen LogP contribution is 2.28. The van der Waals surface area contributed by atoms with Gasteiger partial charge in [0.2, 0.25) is 0 Å². The highest BCUT2D eigenvalue weighted by molar-refractivity contribution is 14.1. The summed E-state index contributed by atoms with van der Waals surface area (Å²) < 4.78 is 1.28. The normalized spacial score (nSPS) is 12.3. The summed E-state index contributed by atoms with van der Waals surface area (Å²) in [6.45, 7) is 11.0. The van der Waals surface area contributed by atoms with Gasteiger partial charge in [-0.25, -0.2) is 0 Å². The third-order valence-electron chi connectivity index (χ3n) is 3.73. The summed E-state index contributed by atoms with van der Waals surface area (Å²) in [5.74, 6) is 0. The Morgan fingerprint density at radius 3 is 2.05 bits per heavy atom. The molecule has 0 aliphatic rings. The summed E-state index contributed by atoms with van der Waals surface area (Å²) in [4.78, 5) is 0. The molecule has 0 spiro atoms. The lowest BCUT2D eigenvalue weighted by molar-refractivity contribution is 0.860. The Bertz CT molecular complexity index is 608. The van der Waals surface area contributed by atoms with E-state index in [4.69, 9.17) is 0 Å². The molecule has 0 saturated carbocycles. The van der Waals surface area contributed by atoms with E-state index in [1.807, 2.05) is 0 Å². The molecule has 0 aliphatic heterocycles. The van der Waals surface area contributed by atoms with Gasteiger partial charge in [-0.1, -0.05) is 17.7 Å². The summed E-state index contributed by atoms with van der Waals surface area (Å²) in [5.41, 5.74) is 8.00. The van der Waals surface area contributed by atoms with Crippen LogP contribution < -0.4 is 5.32 Å². The Balaban J connectivity index is 2.31. The molecular weight excluding hydrogens is 357 g/mol. The molecule has 2 heteroatoms. The van der Waals surface area contributed by atoms with Crippen molar-refractivity contribution in [2.24, 2.45) is 0 Å². The van der Waals surface area contributed by atoms with Gasteiger partial charge in [-0.15, -0.1) is 0 Å². The number of halogens is 1. The van der Waals surface area contributed by atoms with Gasteiger partial charge in [0.1, 0.15) is 0 Å². The van der Waals surface area contributed by atoms with E-state index < -0.39 is 0 Å². The molecule has 1 N–H and O–H groups in total. The lowest BCUT2D eigenvalue weighted by atomic mass is 9.94. The van der Waals surface area contributed by atoms with Crippen LogP contribution in [-0.4, -0.2) is 0 Å². The standard InChI is InChI=1S/C18H22IN/c1-11-8-13(3)18(14(4)9-11)15(5)20-17-7-6-16(19)10-12(17)2/h6-10,15,20H,1-5H3. The number of aryl methyl sites for hydroxylation is 4. The van der Waals surface area contributed by atoms with Gasteiger partial charge < -0.3 is 5.32 Å². The van der Waals surface area contributed by atoms with E-state index in [0.29, 0.717) is 6.04 Å². The highest BCUT2D eigenvalue weighted by Gasteiger charge is 2.12. The minimum Gasteiger partial charge on any atom is -0.378 e. The average Bonchev–Trinajstić information content (AvgIpc) is 2.31. The molecule has 20 heavy (non-hydrogen) atoms. The van der Waals surface area contributed by atoms with Gasteiger partial charge in [0, 0.05) is 15.3 Å². The van der Waals surface area contributed by atoms with Crippen molar-refractivity contribution in [2.75, 3.05) is 5.32 Å². The first-order valence-corrected chi connectivity index (χ1v) is 8.07. The van der Waals surface area contributed by atoms with Crippen molar-refractivity contribution in [3.8, 4) is 0 Å². The summed E-state index contributed by atoms with van der Waals surface area (Å²) >= 11 is 2.35. The Labute approximate surface area is 135 Å². The van der Waals surface area contributed by atoms with Crippen LogP contribution >= 0.6 is 22.6 Å². The van der Waals surface area contributed by atoms with Crippen LogP contribution in [0, 0.1) is 31.3 Å². The van der Waals surface area contributed by atoms with Crippen LogP contribution in [0.1, 0.15) is 40.8 Å². The Kier molecular flexibility index (Phi) is 4.74. The van der Waals surface area contributed by atoms with Gasteiger partial charge in [0.05, 0.1) is 0 Å². The van der Waals surface area contributed by atoms with Crippen LogP contribution in [-0.2, 0) is 0 Å². The van der Waals surface area contributed by atoms with Gasteiger partial charge in [-0.3, -0.25) is 0 Å². The van der Waals surface area contributed by atoms with Gasteiger partial charge >= 0.3 is 0 Å². The molecule has 0 heterocycles. The first-order valence-electron chi connectivity index (χ1n) is 6.99. The van der Waals surface area contributed by atoms with E-state index in [0.717, 1.165) is 0 Å². The molecule has 2 aromatic carbocycles. The molecule has 2 rings (SSSR count). The number of benzene rings is 2. The maximum Gasteiger partial charge on any atom is 0.0490 e. The molecule has 1 unspecified atom stereocenters. The number of anilines is 1. The zero-order valence-corrected chi connectivity index (χ0v) is 15.0. The summed E-state index contributed by atoms with van der Waals surface area (Å²) in [7, 11) is 0. The first-order chi connectivity index (χ1) is 9.38. The topological polar surface area (TPSA) is 12.0 Å². The largest absolute Gasteiger partial charge is 0.378 e. The van der Waals surface area contributed by atoms with E-state index in [9.17, 15) is 0 Å². The van der Waals surface area contributed by atoms with Crippen LogP contribution in [0.25, 0.3) is 0 Å². The van der Waals surface area contributed by atoms with E-state index in [1.165, 1.54) is 37.1 Å². The number of nitrogens with one attached hydrogen (secondary N) is 1. The van der Waals surface area contributed by atoms with E-state index in [-0.39, 0.29) is 0 Å². The van der Waals surface area contributed by atoms with Crippen molar-refractivity contribution in [1.29, 1.82) is 0 Å². The summed E-state index contributed by atoms with van der Waals surface area (Å²) in [6.07, 6.45) is 0. The van der Waals surface area contributed by atoms with Gasteiger partial charge in [0.25, 0.3) is 0 Å². The maximum atomic E-state index is 3.65. The van der Waals surface area contributed by atoms with Crippen LogP contribution in [0.15, 0.2) is 30.3 Å². The molecule has 0 aromatic heterocycles. The molecule has 0 saturated heterocycles. The highest BCUT2D eigenvalue weighted by atomic mass is 127. The van der Waals surface area contributed by atoms with E-state index in [2.05, 4.69) is 92.9 Å². The second-order valence-corrected chi connectivity index (χ2v) is 6.88. The molecule has 2 aromatic rings. The molecule has 0 radical (unpaired) electrons. The number of hydrogen-bond donors (Lipinski definition) is 1. The van der Waals surface area contributed by atoms with Gasteiger partial charge in [-0.2, -0.15) is 0 Å². The molecule has 0 bridgehead atoms. The molecule has 1 atom stereocenters. The smallest absolute Gasteiger partial charge is 0.0490 e. The van der Waals surface area contributed by atoms with Crippen LogP contribution in [0.5, 0.6) is 0 Å². The van der Waals surface area contributed by atoms with Crippen molar-refractivity contribution in [1.82, 2.24) is 0 Å². The average molecular weight is 379 g/mol. The quantitative estimate of drug-likeness (QED) is 0.675. The lowest BCUT2D eigenvalue weighted by Gasteiger charge is -2.22. The Morgan fingerprint density at radius 1 is 0.900 bits per heavy atom. The van der Waals surface area contributed by atoms with Gasteiger partial charge in [-0.05, 0) is 97.7 Å². The minimum atomic E-state index is 0.314. The first kappa shape index (κ1) is 15.4.